The van der Waals surface area contributed by atoms with Crippen LogP contribution in [0, 0.1) is 0 Å². The van der Waals surface area contributed by atoms with Gasteiger partial charge in [0.15, 0.2) is 5.78 Å². The zero-order valence-electron chi connectivity index (χ0n) is 11.8. The van der Waals surface area contributed by atoms with E-state index in [2.05, 4.69) is 32.9 Å². The van der Waals surface area contributed by atoms with Crippen molar-refractivity contribution in [2.24, 2.45) is 0 Å². The molecule has 1 atom stereocenters. The molecule has 1 aromatic carbocycles. The van der Waals surface area contributed by atoms with Gasteiger partial charge >= 0.3 is 0 Å². The van der Waals surface area contributed by atoms with Gasteiger partial charge in [0.05, 0.1) is 8.07 Å². The molecule has 1 aromatic rings. The second-order valence-electron chi connectivity index (χ2n) is 5.54. The number of ketones is 1. The first-order valence-electron chi connectivity index (χ1n) is 7.30. The van der Waals surface area contributed by atoms with Crippen LogP contribution < -0.4 is 0 Å². The summed E-state index contributed by atoms with van der Waals surface area (Å²) in [6.07, 6.45) is 2.19. The number of Topliss-reactive ketones (excluding diaryl/α,β-unsaturated/α-hetero) is 1. The smallest absolute Gasteiger partial charge is 0.163 e. The summed E-state index contributed by atoms with van der Waals surface area (Å²) in [4.78, 5) is 12.8. The number of hydrogen-bond acceptors (Lipinski definition) is 1. The van der Waals surface area contributed by atoms with E-state index in [1.807, 2.05) is 12.1 Å². The van der Waals surface area contributed by atoms with E-state index < -0.39 is 8.07 Å². The lowest BCUT2D eigenvalue weighted by Gasteiger charge is -2.38. The van der Waals surface area contributed by atoms with E-state index in [4.69, 9.17) is 0 Å². The summed E-state index contributed by atoms with van der Waals surface area (Å²) >= 11 is 0. The maximum absolute atomic E-state index is 12.8. The Morgan fingerprint density at radius 2 is 1.72 bits per heavy atom. The Bertz CT molecular complexity index is 426. The SMILES string of the molecule is CC[Si](CC)(CC)[C@H]1CCc2ccccc2C1=O. The first-order valence-corrected chi connectivity index (χ1v) is 10.0. The highest BCUT2D eigenvalue weighted by molar-refractivity contribution is 6.84. The van der Waals surface area contributed by atoms with Crippen molar-refractivity contribution >= 4 is 13.9 Å². The lowest BCUT2D eigenvalue weighted by Crippen LogP contribution is -2.43. The van der Waals surface area contributed by atoms with Crippen molar-refractivity contribution in [3.8, 4) is 0 Å². The number of hydrogen-bond donors (Lipinski definition) is 0. The fourth-order valence-electron chi connectivity index (χ4n) is 3.67. The van der Waals surface area contributed by atoms with Crippen molar-refractivity contribution < 1.29 is 4.79 Å². The van der Waals surface area contributed by atoms with Crippen LogP contribution in [0.4, 0.5) is 0 Å². The van der Waals surface area contributed by atoms with Crippen molar-refractivity contribution in [2.75, 3.05) is 0 Å². The molecule has 0 fully saturated rings. The molecule has 18 heavy (non-hydrogen) atoms. The molecule has 1 aliphatic rings. The summed E-state index contributed by atoms with van der Waals surface area (Å²) in [7, 11) is -1.40. The van der Waals surface area contributed by atoms with Crippen LogP contribution in [0.5, 0.6) is 0 Å². The summed E-state index contributed by atoms with van der Waals surface area (Å²) in [6, 6.07) is 12.0. The van der Waals surface area contributed by atoms with Crippen LogP contribution in [0.15, 0.2) is 24.3 Å². The van der Waals surface area contributed by atoms with E-state index in [-0.39, 0.29) is 0 Å². The third-order valence-corrected chi connectivity index (χ3v) is 11.4. The average molecular weight is 260 g/mol. The highest BCUT2D eigenvalue weighted by Gasteiger charge is 2.42. The summed E-state index contributed by atoms with van der Waals surface area (Å²) in [5.41, 5.74) is 2.65. The molecule has 0 unspecified atom stereocenters. The van der Waals surface area contributed by atoms with Gasteiger partial charge in [-0.15, -0.1) is 0 Å². The van der Waals surface area contributed by atoms with E-state index in [9.17, 15) is 4.79 Å². The number of aryl methyl sites for hydroxylation is 1. The summed E-state index contributed by atoms with van der Waals surface area (Å²) in [5.74, 6) is 0.453. The van der Waals surface area contributed by atoms with Gasteiger partial charge in [0, 0.05) is 11.1 Å². The molecule has 1 nitrogen and oxygen atoms in total. The van der Waals surface area contributed by atoms with Crippen molar-refractivity contribution in [2.45, 2.75) is 57.3 Å². The minimum atomic E-state index is -1.40. The number of carbonyl (C=O) groups excluding carboxylic acids is 1. The van der Waals surface area contributed by atoms with Crippen LogP contribution in [0.25, 0.3) is 0 Å². The van der Waals surface area contributed by atoms with Crippen molar-refractivity contribution in [1.82, 2.24) is 0 Å². The molecule has 0 amide bonds. The molecule has 98 valence electrons. The van der Waals surface area contributed by atoms with Crippen LogP contribution >= 0.6 is 0 Å². The van der Waals surface area contributed by atoms with Crippen molar-refractivity contribution in [3.05, 3.63) is 35.4 Å². The fourth-order valence-corrected chi connectivity index (χ4v) is 8.12. The Labute approximate surface area is 112 Å². The lowest BCUT2D eigenvalue weighted by atomic mass is 9.90. The molecule has 0 spiro atoms. The topological polar surface area (TPSA) is 17.1 Å². The Kier molecular flexibility index (Phi) is 4.06. The molecule has 2 heteroatoms. The molecule has 0 aromatic heterocycles. The second kappa shape index (κ2) is 5.39. The zero-order valence-corrected chi connectivity index (χ0v) is 12.8. The maximum atomic E-state index is 12.8. The predicted octanol–water partition coefficient (Wildman–Crippen LogP) is 4.69. The fraction of sp³-hybridized carbons (Fsp3) is 0.562. The van der Waals surface area contributed by atoms with Gasteiger partial charge in [-0.1, -0.05) is 63.2 Å². The molecule has 0 bridgehead atoms. The average Bonchev–Trinajstić information content (AvgIpc) is 2.43. The van der Waals surface area contributed by atoms with Gasteiger partial charge < -0.3 is 0 Å². The summed E-state index contributed by atoms with van der Waals surface area (Å²) in [6.45, 7) is 6.90. The first kappa shape index (κ1) is 13.5. The van der Waals surface area contributed by atoms with E-state index in [1.165, 1.54) is 23.7 Å². The molecule has 2 rings (SSSR count). The highest BCUT2D eigenvalue weighted by atomic mass is 28.3. The number of rotatable bonds is 4. The minimum absolute atomic E-state index is 0.368. The predicted molar refractivity (Wildman–Crippen MR) is 80.0 cm³/mol. The van der Waals surface area contributed by atoms with Crippen molar-refractivity contribution in [1.29, 1.82) is 0 Å². The van der Waals surface area contributed by atoms with E-state index in [1.54, 1.807) is 0 Å². The molecular weight excluding hydrogens is 236 g/mol. The van der Waals surface area contributed by atoms with Gasteiger partial charge in [-0.3, -0.25) is 4.79 Å². The molecule has 0 radical (unpaired) electrons. The molecule has 0 N–H and O–H groups in total. The molecule has 0 saturated heterocycles. The van der Waals surface area contributed by atoms with Crippen LogP contribution in [0.2, 0.25) is 23.7 Å². The van der Waals surface area contributed by atoms with Gasteiger partial charge in [0.25, 0.3) is 0 Å². The van der Waals surface area contributed by atoms with Gasteiger partial charge in [0.2, 0.25) is 0 Å². The number of carbonyl (C=O) groups is 1. The van der Waals surface area contributed by atoms with Gasteiger partial charge in [-0.05, 0) is 18.4 Å². The maximum Gasteiger partial charge on any atom is 0.163 e. The van der Waals surface area contributed by atoms with E-state index in [0.29, 0.717) is 11.3 Å². The quantitative estimate of drug-likeness (QED) is 0.717. The Morgan fingerprint density at radius 1 is 1.11 bits per heavy atom. The standard InChI is InChI=1S/C16H24OSi/c1-4-18(5-2,6-3)15-12-11-13-9-7-8-10-14(13)16(15)17/h7-10,15H,4-6,11-12H2,1-3H3/t15-/m0/s1. The van der Waals surface area contributed by atoms with E-state index >= 15 is 0 Å². The monoisotopic (exact) mass is 260 g/mol. The molecule has 0 saturated carbocycles. The molecule has 1 aliphatic carbocycles. The molecule has 0 aliphatic heterocycles. The molecule has 0 heterocycles. The van der Waals surface area contributed by atoms with Crippen LogP contribution in [0.3, 0.4) is 0 Å². The van der Waals surface area contributed by atoms with Gasteiger partial charge in [0.1, 0.15) is 0 Å². The molecular formula is C16H24OSi. The first-order chi connectivity index (χ1) is 8.68. The Hall–Kier alpha value is -0.893. The van der Waals surface area contributed by atoms with E-state index in [0.717, 1.165) is 18.4 Å². The van der Waals surface area contributed by atoms with Crippen LogP contribution in [0.1, 0.15) is 43.1 Å². The third-order valence-electron chi connectivity index (χ3n) is 5.15. The second-order valence-corrected chi connectivity index (χ2v) is 11.1. The number of fused-ring (bicyclic) bond motifs is 1. The van der Waals surface area contributed by atoms with Gasteiger partial charge in [-0.25, -0.2) is 0 Å². The van der Waals surface area contributed by atoms with Crippen LogP contribution in [-0.2, 0) is 6.42 Å². The normalized spacial score (nSPS) is 19.7. The largest absolute Gasteiger partial charge is 0.294 e. The van der Waals surface area contributed by atoms with Gasteiger partial charge in [-0.2, -0.15) is 0 Å². The number of benzene rings is 1. The summed E-state index contributed by atoms with van der Waals surface area (Å²) in [5, 5.41) is 0. The van der Waals surface area contributed by atoms with Crippen LogP contribution in [-0.4, -0.2) is 13.9 Å². The summed E-state index contributed by atoms with van der Waals surface area (Å²) < 4.78 is 0. The van der Waals surface area contributed by atoms with Crippen molar-refractivity contribution in [3.63, 3.8) is 0 Å². The minimum Gasteiger partial charge on any atom is -0.294 e. The highest BCUT2D eigenvalue weighted by Crippen LogP contribution is 2.42. The zero-order chi connectivity index (χ0) is 13.2. The third kappa shape index (κ3) is 2.07. The Morgan fingerprint density at radius 3 is 2.33 bits per heavy atom. The Balaban J connectivity index is 2.37. The lowest BCUT2D eigenvalue weighted by molar-refractivity contribution is 0.0968.